The molecular formula is C16H20N4O2. The number of furan rings is 1. The second-order valence-corrected chi connectivity index (χ2v) is 5.28. The molecule has 0 amide bonds. The smallest absolute Gasteiger partial charge is 0.158 e. The summed E-state index contributed by atoms with van der Waals surface area (Å²) >= 11 is 0. The molecule has 0 saturated heterocycles. The fraction of sp³-hybridized carbons (Fsp3) is 0.375. The maximum absolute atomic E-state index is 5.37. The van der Waals surface area contributed by atoms with E-state index in [1.165, 1.54) is 0 Å². The summed E-state index contributed by atoms with van der Waals surface area (Å²) in [5.41, 5.74) is 4.74. The first-order valence-corrected chi connectivity index (χ1v) is 7.26. The number of ether oxygens (including phenoxy) is 1. The highest BCUT2D eigenvalue weighted by molar-refractivity contribution is 5.67. The maximum Gasteiger partial charge on any atom is 0.158 e. The van der Waals surface area contributed by atoms with Gasteiger partial charge in [0.2, 0.25) is 0 Å². The number of nitrogens with one attached hydrogen (secondary N) is 1. The van der Waals surface area contributed by atoms with Crippen LogP contribution in [0.3, 0.4) is 0 Å². The predicted octanol–water partition coefficient (Wildman–Crippen LogP) is 2.97. The average Bonchev–Trinajstić information content (AvgIpc) is 3.09. The van der Waals surface area contributed by atoms with E-state index in [1.54, 1.807) is 13.4 Å². The highest BCUT2D eigenvalue weighted by Crippen LogP contribution is 2.26. The number of aryl methyl sites for hydroxylation is 2. The van der Waals surface area contributed by atoms with Gasteiger partial charge in [0.25, 0.3) is 0 Å². The molecule has 0 aromatic carbocycles. The van der Waals surface area contributed by atoms with Crippen molar-refractivity contribution in [2.24, 2.45) is 0 Å². The number of aromatic nitrogens is 3. The van der Waals surface area contributed by atoms with Crippen LogP contribution >= 0.6 is 0 Å². The van der Waals surface area contributed by atoms with Crippen molar-refractivity contribution < 1.29 is 9.15 Å². The summed E-state index contributed by atoms with van der Waals surface area (Å²) in [4.78, 5) is 4.62. The van der Waals surface area contributed by atoms with E-state index >= 15 is 0 Å². The van der Waals surface area contributed by atoms with Gasteiger partial charge in [0.1, 0.15) is 11.6 Å². The summed E-state index contributed by atoms with van der Waals surface area (Å²) in [6.07, 6.45) is 1.68. The van der Waals surface area contributed by atoms with Crippen LogP contribution in [0.1, 0.15) is 17.0 Å². The number of hydrogen-bond acceptors (Lipinski definition) is 5. The summed E-state index contributed by atoms with van der Waals surface area (Å²) in [5, 5.41) is 8.07. The number of rotatable bonds is 5. The Labute approximate surface area is 129 Å². The minimum Gasteiger partial charge on any atom is -0.469 e. The third-order valence-electron chi connectivity index (χ3n) is 3.82. The van der Waals surface area contributed by atoms with Crippen molar-refractivity contribution in [3.8, 4) is 11.3 Å². The second kappa shape index (κ2) is 5.81. The van der Waals surface area contributed by atoms with Crippen molar-refractivity contribution in [1.29, 1.82) is 0 Å². The van der Waals surface area contributed by atoms with Crippen molar-refractivity contribution in [3.63, 3.8) is 0 Å². The molecule has 3 aromatic rings. The fourth-order valence-electron chi connectivity index (χ4n) is 2.46. The first-order valence-electron chi connectivity index (χ1n) is 7.26. The van der Waals surface area contributed by atoms with Crippen molar-refractivity contribution in [1.82, 2.24) is 14.6 Å². The van der Waals surface area contributed by atoms with Crippen LogP contribution in [0.15, 0.2) is 22.8 Å². The summed E-state index contributed by atoms with van der Waals surface area (Å²) < 4.78 is 12.3. The van der Waals surface area contributed by atoms with Crippen LogP contribution < -0.4 is 5.32 Å². The van der Waals surface area contributed by atoms with Crippen LogP contribution in [0.4, 0.5) is 5.82 Å². The zero-order valence-corrected chi connectivity index (χ0v) is 13.3. The average molecular weight is 300 g/mol. The van der Waals surface area contributed by atoms with Gasteiger partial charge in [-0.2, -0.15) is 9.61 Å². The van der Waals surface area contributed by atoms with Crippen LogP contribution in [0.25, 0.3) is 16.9 Å². The molecule has 116 valence electrons. The first-order chi connectivity index (χ1) is 10.6. The molecule has 6 heteroatoms. The molecule has 0 aliphatic rings. The molecule has 3 aromatic heterocycles. The van der Waals surface area contributed by atoms with Gasteiger partial charge in [0.15, 0.2) is 5.65 Å². The molecule has 6 nitrogen and oxygen atoms in total. The Bertz CT molecular complexity index is 804. The third-order valence-corrected chi connectivity index (χ3v) is 3.82. The molecule has 0 saturated carbocycles. The van der Waals surface area contributed by atoms with E-state index in [-0.39, 0.29) is 0 Å². The van der Waals surface area contributed by atoms with Crippen molar-refractivity contribution in [2.75, 3.05) is 25.6 Å². The molecule has 1 N–H and O–H groups in total. The van der Waals surface area contributed by atoms with Crippen LogP contribution in [0.2, 0.25) is 0 Å². The number of fused-ring (bicyclic) bond motifs is 1. The van der Waals surface area contributed by atoms with E-state index in [9.17, 15) is 0 Å². The highest BCUT2D eigenvalue weighted by Gasteiger charge is 2.15. The topological polar surface area (TPSA) is 64.6 Å². The zero-order valence-electron chi connectivity index (χ0n) is 13.3. The van der Waals surface area contributed by atoms with E-state index in [4.69, 9.17) is 9.15 Å². The quantitative estimate of drug-likeness (QED) is 0.734. The van der Waals surface area contributed by atoms with Crippen molar-refractivity contribution in [2.45, 2.75) is 20.8 Å². The molecule has 0 aliphatic carbocycles. The molecular weight excluding hydrogens is 280 g/mol. The molecule has 3 heterocycles. The van der Waals surface area contributed by atoms with Crippen LogP contribution in [0.5, 0.6) is 0 Å². The lowest BCUT2D eigenvalue weighted by Gasteiger charge is -2.12. The number of methoxy groups -OCH3 is 1. The van der Waals surface area contributed by atoms with Gasteiger partial charge in [-0.15, -0.1) is 0 Å². The molecule has 22 heavy (non-hydrogen) atoms. The van der Waals surface area contributed by atoms with Crippen LogP contribution in [-0.4, -0.2) is 34.9 Å². The van der Waals surface area contributed by atoms with E-state index in [0.29, 0.717) is 6.61 Å². The Hall–Kier alpha value is -2.34. The number of anilines is 1. The Morgan fingerprint density at radius 3 is 2.82 bits per heavy atom. The monoisotopic (exact) mass is 300 g/mol. The van der Waals surface area contributed by atoms with Gasteiger partial charge in [-0.05, 0) is 26.8 Å². The highest BCUT2D eigenvalue weighted by atomic mass is 16.5. The minimum absolute atomic E-state index is 0.636. The minimum atomic E-state index is 0.636. The van der Waals surface area contributed by atoms with Crippen LogP contribution in [0, 0.1) is 20.8 Å². The maximum atomic E-state index is 5.37. The van der Waals surface area contributed by atoms with Gasteiger partial charge in [-0.3, -0.25) is 0 Å². The summed E-state index contributed by atoms with van der Waals surface area (Å²) in [7, 11) is 1.69. The van der Waals surface area contributed by atoms with Gasteiger partial charge < -0.3 is 14.5 Å². The molecule has 0 radical (unpaired) electrons. The van der Waals surface area contributed by atoms with E-state index in [1.807, 2.05) is 37.4 Å². The van der Waals surface area contributed by atoms with Gasteiger partial charge in [-0.25, -0.2) is 4.98 Å². The summed E-state index contributed by atoms with van der Waals surface area (Å²) in [6.45, 7) is 7.34. The predicted molar refractivity (Wildman–Crippen MR) is 85.3 cm³/mol. The Balaban J connectivity index is 2.10. The Morgan fingerprint density at radius 1 is 1.32 bits per heavy atom. The fourth-order valence-corrected chi connectivity index (χ4v) is 2.46. The standard InChI is InChI=1S/C16H20N4O2/c1-10-11(2)18-15-9-14(13-5-7-22-12(13)3)19-20(15)16(10)17-6-8-21-4/h5,7,9,17H,6,8H2,1-4H3. The van der Waals surface area contributed by atoms with E-state index < -0.39 is 0 Å². The lowest BCUT2D eigenvalue weighted by atomic mass is 10.2. The largest absolute Gasteiger partial charge is 0.469 e. The van der Waals surface area contributed by atoms with Crippen molar-refractivity contribution in [3.05, 3.63) is 35.4 Å². The zero-order chi connectivity index (χ0) is 15.7. The first kappa shape index (κ1) is 14.6. The Morgan fingerprint density at radius 2 is 2.14 bits per heavy atom. The van der Waals surface area contributed by atoms with E-state index in [0.717, 1.165) is 46.3 Å². The second-order valence-electron chi connectivity index (χ2n) is 5.28. The molecule has 3 rings (SSSR count). The van der Waals surface area contributed by atoms with E-state index in [2.05, 4.69) is 15.4 Å². The lowest BCUT2D eigenvalue weighted by molar-refractivity contribution is 0.210. The SMILES string of the molecule is COCCNc1c(C)c(C)nc2cc(-c3ccoc3C)nn12. The number of nitrogens with zero attached hydrogens (tertiary/aromatic N) is 3. The van der Waals surface area contributed by atoms with Gasteiger partial charge >= 0.3 is 0 Å². The third kappa shape index (κ3) is 2.46. The van der Waals surface area contributed by atoms with Gasteiger partial charge in [0.05, 0.1) is 18.6 Å². The number of hydrogen-bond donors (Lipinski definition) is 1. The molecule has 0 spiro atoms. The van der Waals surface area contributed by atoms with Gasteiger partial charge in [0, 0.05) is 36.5 Å². The summed E-state index contributed by atoms with van der Waals surface area (Å²) in [6, 6.07) is 3.90. The normalized spacial score (nSPS) is 11.3. The molecule has 0 fully saturated rings. The molecule has 0 atom stereocenters. The molecule has 0 bridgehead atoms. The van der Waals surface area contributed by atoms with Crippen LogP contribution in [-0.2, 0) is 4.74 Å². The lowest BCUT2D eigenvalue weighted by Crippen LogP contribution is -2.13. The van der Waals surface area contributed by atoms with Gasteiger partial charge in [-0.1, -0.05) is 0 Å². The summed E-state index contributed by atoms with van der Waals surface area (Å²) in [5.74, 6) is 1.80. The Kier molecular flexibility index (Phi) is 3.85. The van der Waals surface area contributed by atoms with Crippen molar-refractivity contribution >= 4 is 11.5 Å². The molecule has 0 aliphatic heterocycles. The molecule has 0 unspecified atom stereocenters.